The van der Waals surface area contributed by atoms with Crippen LogP contribution in [0.3, 0.4) is 0 Å². The summed E-state index contributed by atoms with van der Waals surface area (Å²) in [6.07, 6.45) is 5.28. The number of benzene rings is 1. The second-order valence-electron chi connectivity index (χ2n) is 4.69. The van der Waals surface area contributed by atoms with E-state index in [0.717, 1.165) is 11.3 Å². The van der Waals surface area contributed by atoms with Crippen LogP contribution >= 0.6 is 0 Å². The van der Waals surface area contributed by atoms with Crippen LogP contribution in [-0.4, -0.2) is 18.3 Å². The van der Waals surface area contributed by atoms with Gasteiger partial charge in [0.1, 0.15) is 5.75 Å². The van der Waals surface area contributed by atoms with Gasteiger partial charge in [-0.05, 0) is 55.4 Å². The lowest BCUT2D eigenvalue weighted by atomic mass is 9.89. The summed E-state index contributed by atoms with van der Waals surface area (Å²) in [6.45, 7) is 1.82. The van der Waals surface area contributed by atoms with Crippen LogP contribution in [0.15, 0.2) is 12.1 Å². The van der Waals surface area contributed by atoms with E-state index < -0.39 is 0 Å². The lowest BCUT2D eigenvalue weighted by Crippen LogP contribution is -2.09. The molecule has 0 saturated heterocycles. The van der Waals surface area contributed by atoms with Gasteiger partial charge in [0.25, 0.3) is 0 Å². The monoisotopic (exact) mass is 220 g/mol. The molecule has 0 heterocycles. The van der Waals surface area contributed by atoms with Crippen molar-refractivity contribution in [2.45, 2.75) is 45.1 Å². The molecule has 1 N–H and O–H groups in total. The van der Waals surface area contributed by atoms with E-state index in [4.69, 9.17) is 4.74 Å². The normalized spacial score (nSPS) is 16.7. The van der Waals surface area contributed by atoms with Gasteiger partial charge in [0.05, 0.1) is 13.2 Å². The van der Waals surface area contributed by atoms with Crippen molar-refractivity contribution in [1.82, 2.24) is 0 Å². The SMILES string of the molecule is COc1cc2c(cc1CC(C)O)CCCC2. The molecule has 1 aromatic carbocycles. The van der Waals surface area contributed by atoms with Crippen LogP contribution < -0.4 is 4.74 Å². The number of ether oxygens (including phenoxy) is 1. The first-order valence-electron chi connectivity index (χ1n) is 6.07. The van der Waals surface area contributed by atoms with Crippen LogP contribution in [0.4, 0.5) is 0 Å². The van der Waals surface area contributed by atoms with Gasteiger partial charge in [-0.15, -0.1) is 0 Å². The average molecular weight is 220 g/mol. The van der Waals surface area contributed by atoms with Crippen molar-refractivity contribution in [3.05, 3.63) is 28.8 Å². The van der Waals surface area contributed by atoms with Gasteiger partial charge in [-0.1, -0.05) is 6.07 Å². The first kappa shape index (κ1) is 11.5. The zero-order chi connectivity index (χ0) is 11.5. The van der Waals surface area contributed by atoms with E-state index in [9.17, 15) is 5.11 Å². The highest BCUT2D eigenvalue weighted by atomic mass is 16.5. The van der Waals surface area contributed by atoms with Gasteiger partial charge < -0.3 is 9.84 Å². The number of rotatable bonds is 3. The molecule has 2 heteroatoms. The first-order chi connectivity index (χ1) is 7.70. The second kappa shape index (κ2) is 4.88. The Morgan fingerprint density at radius 3 is 2.44 bits per heavy atom. The molecule has 1 aliphatic rings. The summed E-state index contributed by atoms with van der Waals surface area (Å²) < 4.78 is 5.40. The van der Waals surface area contributed by atoms with Gasteiger partial charge >= 0.3 is 0 Å². The highest BCUT2D eigenvalue weighted by molar-refractivity contribution is 5.44. The van der Waals surface area contributed by atoms with Crippen molar-refractivity contribution in [3.63, 3.8) is 0 Å². The number of hydrogen-bond acceptors (Lipinski definition) is 2. The number of aliphatic hydroxyl groups excluding tert-OH is 1. The molecule has 0 fully saturated rings. The summed E-state index contributed by atoms with van der Waals surface area (Å²) in [7, 11) is 1.70. The predicted molar refractivity (Wildman–Crippen MR) is 65.0 cm³/mol. The average Bonchev–Trinajstić information content (AvgIpc) is 2.27. The molecular formula is C14H20O2. The smallest absolute Gasteiger partial charge is 0.122 e. The number of methoxy groups -OCH3 is 1. The Morgan fingerprint density at radius 1 is 1.25 bits per heavy atom. The Labute approximate surface area is 97.3 Å². The van der Waals surface area contributed by atoms with E-state index >= 15 is 0 Å². The Kier molecular flexibility index (Phi) is 3.49. The van der Waals surface area contributed by atoms with Crippen LogP contribution in [0, 0.1) is 0 Å². The van der Waals surface area contributed by atoms with Crippen molar-refractivity contribution < 1.29 is 9.84 Å². The topological polar surface area (TPSA) is 29.5 Å². The van der Waals surface area contributed by atoms with Crippen molar-refractivity contribution in [1.29, 1.82) is 0 Å². The molecule has 1 aromatic rings. The standard InChI is InChI=1S/C14H20O2/c1-10(15)7-13-8-11-5-3-4-6-12(11)9-14(13)16-2/h8-10,15H,3-7H2,1-2H3. The zero-order valence-corrected chi connectivity index (χ0v) is 10.1. The van der Waals surface area contributed by atoms with E-state index in [1.807, 2.05) is 6.92 Å². The second-order valence-corrected chi connectivity index (χ2v) is 4.69. The van der Waals surface area contributed by atoms with Gasteiger partial charge in [0.15, 0.2) is 0 Å². The molecule has 0 amide bonds. The van der Waals surface area contributed by atoms with Gasteiger partial charge in [0, 0.05) is 6.42 Å². The van der Waals surface area contributed by atoms with E-state index in [2.05, 4.69) is 12.1 Å². The molecule has 1 aliphatic carbocycles. The number of hydrogen-bond donors (Lipinski definition) is 1. The van der Waals surface area contributed by atoms with Crippen molar-refractivity contribution >= 4 is 0 Å². The fourth-order valence-electron chi connectivity index (χ4n) is 2.48. The summed E-state index contributed by atoms with van der Waals surface area (Å²) >= 11 is 0. The molecule has 0 spiro atoms. The Hall–Kier alpha value is -1.02. The molecule has 0 saturated carbocycles. The lowest BCUT2D eigenvalue weighted by molar-refractivity contribution is 0.194. The Balaban J connectivity index is 2.35. The predicted octanol–water partition coefficient (Wildman–Crippen LogP) is 2.50. The summed E-state index contributed by atoms with van der Waals surface area (Å²) in [5.41, 5.74) is 4.01. The quantitative estimate of drug-likeness (QED) is 0.848. The summed E-state index contributed by atoms with van der Waals surface area (Å²) in [6, 6.07) is 4.38. The van der Waals surface area contributed by atoms with E-state index in [-0.39, 0.29) is 6.10 Å². The van der Waals surface area contributed by atoms with Crippen LogP contribution in [0.2, 0.25) is 0 Å². The molecule has 0 aromatic heterocycles. The van der Waals surface area contributed by atoms with Gasteiger partial charge in [-0.3, -0.25) is 0 Å². The minimum atomic E-state index is -0.310. The van der Waals surface area contributed by atoms with Gasteiger partial charge in [-0.25, -0.2) is 0 Å². The first-order valence-corrected chi connectivity index (χ1v) is 6.07. The molecule has 16 heavy (non-hydrogen) atoms. The third-order valence-corrected chi connectivity index (χ3v) is 3.26. The third kappa shape index (κ3) is 2.38. The Morgan fingerprint density at radius 2 is 1.88 bits per heavy atom. The summed E-state index contributed by atoms with van der Waals surface area (Å²) in [5, 5.41) is 9.47. The number of aryl methyl sites for hydroxylation is 2. The van der Waals surface area contributed by atoms with E-state index in [1.54, 1.807) is 7.11 Å². The zero-order valence-electron chi connectivity index (χ0n) is 10.1. The van der Waals surface area contributed by atoms with Crippen molar-refractivity contribution in [3.8, 4) is 5.75 Å². The maximum atomic E-state index is 9.47. The molecule has 2 rings (SSSR count). The van der Waals surface area contributed by atoms with Crippen LogP contribution in [-0.2, 0) is 19.3 Å². The lowest BCUT2D eigenvalue weighted by Gasteiger charge is -2.19. The van der Waals surface area contributed by atoms with E-state index in [0.29, 0.717) is 6.42 Å². The summed E-state index contributed by atoms with van der Waals surface area (Å²) in [5.74, 6) is 0.932. The maximum absolute atomic E-state index is 9.47. The molecule has 0 bridgehead atoms. The minimum absolute atomic E-state index is 0.310. The molecule has 0 aliphatic heterocycles. The van der Waals surface area contributed by atoms with Gasteiger partial charge in [0.2, 0.25) is 0 Å². The molecule has 2 nitrogen and oxygen atoms in total. The van der Waals surface area contributed by atoms with E-state index in [1.165, 1.54) is 36.8 Å². The maximum Gasteiger partial charge on any atom is 0.122 e. The number of fused-ring (bicyclic) bond motifs is 1. The third-order valence-electron chi connectivity index (χ3n) is 3.26. The largest absolute Gasteiger partial charge is 0.496 e. The highest BCUT2D eigenvalue weighted by Gasteiger charge is 2.14. The van der Waals surface area contributed by atoms with Crippen molar-refractivity contribution in [2.24, 2.45) is 0 Å². The van der Waals surface area contributed by atoms with Crippen molar-refractivity contribution in [2.75, 3.05) is 7.11 Å². The van der Waals surface area contributed by atoms with Crippen LogP contribution in [0.5, 0.6) is 5.75 Å². The molecule has 0 radical (unpaired) electrons. The molecule has 88 valence electrons. The molecule has 1 unspecified atom stereocenters. The highest BCUT2D eigenvalue weighted by Crippen LogP contribution is 2.29. The minimum Gasteiger partial charge on any atom is -0.496 e. The Bertz CT molecular complexity index is 369. The van der Waals surface area contributed by atoms with Crippen LogP contribution in [0.1, 0.15) is 36.5 Å². The molecule has 1 atom stereocenters. The summed E-state index contributed by atoms with van der Waals surface area (Å²) in [4.78, 5) is 0. The fraction of sp³-hybridized carbons (Fsp3) is 0.571. The van der Waals surface area contributed by atoms with Crippen LogP contribution in [0.25, 0.3) is 0 Å². The number of aliphatic hydroxyl groups is 1. The van der Waals surface area contributed by atoms with Gasteiger partial charge in [-0.2, -0.15) is 0 Å². The fourth-order valence-corrected chi connectivity index (χ4v) is 2.48. The molecular weight excluding hydrogens is 200 g/mol.